The van der Waals surface area contributed by atoms with Gasteiger partial charge in [-0.1, -0.05) is 146 Å². The first-order chi connectivity index (χ1) is 27.3. The van der Waals surface area contributed by atoms with Gasteiger partial charge in [0.1, 0.15) is 5.75 Å². The lowest BCUT2D eigenvalue weighted by atomic mass is 9.93. The minimum absolute atomic E-state index is 0.823. The van der Waals surface area contributed by atoms with Gasteiger partial charge >= 0.3 is 0 Å². The molecule has 260 valence electrons. The van der Waals surface area contributed by atoms with Gasteiger partial charge in [-0.2, -0.15) is 0 Å². The summed E-state index contributed by atoms with van der Waals surface area (Å²) in [6.07, 6.45) is 0. The summed E-state index contributed by atoms with van der Waals surface area (Å²) in [7, 11) is 0. The van der Waals surface area contributed by atoms with Crippen molar-refractivity contribution in [2.45, 2.75) is 0 Å². The van der Waals surface area contributed by atoms with E-state index in [9.17, 15) is 0 Å². The summed E-state index contributed by atoms with van der Waals surface area (Å²) >= 11 is 0. The normalized spacial score (nSPS) is 11.4. The van der Waals surface area contributed by atoms with Crippen molar-refractivity contribution in [1.29, 1.82) is 0 Å². The molecule has 0 atom stereocenters. The van der Waals surface area contributed by atoms with Gasteiger partial charge in [-0.05, 0) is 99.9 Å². The van der Waals surface area contributed by atoms with Crippen LogP contribution in [0, 0.1) is 0 Å². The minimum Gasteiger partial charge on any atom is -0.454 e. The molecule has 0 saturated heterocycles. The molecule has 9 aromatic carbocycles. The average molecular weight is 705 g/mol. The highest BCUT2D eigenvalue weighted by atomic mass is 16.5. The zero-order valence-corrected chi connectivity index (χ0v) is 30.1. The summed E-state index contributed by atoms with van der Waals surface area (Å²) in [5.41, 5.74) is 13.3. The molecular weight excluding hydrogens is 669 g/mol. The lowest BCUT2D eigenvalue weighted by Gasteiger charge is -2.31. The van der Waals surface area contributed by atoms with E-state index < -0.39 is 0 Å². The van der Waals surface area contributed by atoms with Crippen LogP contribution in [0.4, 0.5) is 34.1 Å². The van der Waals surface area contributed by atoms with Gasteiger partial charge in [-0.15, -0.1) is 0 Å². The standard InChI is InChI=1S/C52H36N2O/c1-5-14-37(15-6-1)38-24-26-39(27-25-38)40-28-31-45(32-29-40)54(44-21-11-4-12-22-44)49-35-30-41-16-13-23-48-47-34-33-46(36-50(47)55-52(49)51(41)48)53(42-17-7-2-8-18-42)43-19-9-3-10-20-43/h1-36H. The van der Waals surface area contributed by atoms with E-state index in [1.165, 1.54) is 16.7 Å². The highest BCUT2D eigenvalue weighted by Gasteiger charge is 2.27. The Kier molecular flexibility index (Phi) is 8.16. The number of hydrogen-bond donors (Lipinski definition) is 0. The van der Waals surface area contributed by atoms with E-state index in [4.69, 9.17) is 4.74 Å². The Hall–Kier alpha value is -7.36. The fourth-order valence-electron chi connectivity index (χ4n) is 7.80. The number of para-hydroxylation sites is 3. The van der Waals surface area contributed by atoms with E-state index in [0.717, 1.165) is 73.1 Å². The van der Waals surface area contributed by atoms with E-state index in [1.807, 2.05) is 0 Å². The van der Waals surface area contributed by atoms with Crippen LogP contribution in [0.25, 0.3) is 44.2 Å². The smallest absolute Gasteiger partial charge is 0.159 e. The fourth-order valence-corrected chi connectivity index (χ4v) is 7.80. The van der Waals surface area contributed by atoms with Crippen molar-refractivity contribution in [1.82, 2.24) is 0 Å². The summed E-state index contributed by atoms with van der Waals surface area (Å²) in [4.78, 5) is 4.58. The molecular formula is C52H36N2O. The third-order valence-electron chi connectivity index (χ3n) is 10.4. The SMILES string of the molecule is c1ccc(-c2ccc(-c3ccc(N(c4ccccc4)c4ccc5cccc6c5c4Oc4cc(N(c5ccccc5)c5ccccc5)ccc4-6)cc3)cc2)cc1. The van der Waals surface area contributed by atoms with Crippen LogP contribution in [0.1, 0.15) is 0 Å². The maximum absolute atomic E-state index is 7.14. The van der Waals surface area contributed by atoms with E-state index in [0.29, 0.717) is 0 Å². The van der Waals surface area contributed by atoms with Gasteiger partial charge in [-0.3, -0.25) is 0 Å². The lowest BCUT2D eigenvalue weighted by Crippen LogP contribution is -2.13. The monoisotopic (exact) mass is 704 g/mol. The van der Waals surface area contributed by atoms with Crippen LogP contribution in [-0.4, -0.2) is 0 Å². The molecule has 1 heterocycles. The topological polar surface area (TPSA) is 15.7 Å². The summed E-state index contributed by atoms with van der Waals surface area (Å²) in [6.45, 7) is 0. The number of hydrogen-bond acceptors (Lipinski definition) is 3. The predicted molar refractivity (Wildman–Crippen MR) is 230 cm³/mol. The molecule has 0 aliphatic carbocycles. The second-order valence-electron chi connectivity index (χ2n) is 13.8. The van der Waals surface area contributed by atoms with Gasteiger partial charge in [0.25, 0.3) is 0 Å². The van der Waals surface area contributed by atoms with Gasteiger partial charge in [0, 0.05) is 45.5 Å². The van der Waals surface area contributed by atoms with Gasteiger partial charge in [-0.25, -0.2) is 0 Å². The molecule has 0 saturated carbocycles. The minimum atomic E-state index is 0.823. The maximum atomic E-state index is 7.14. The molecule has 1 aliphatic rings. The summed E-state index contributed by atoms with van der Waals surface area (Å²) < 4.78 is 7.14. The number of ether oxygens (including phenoxy) is 1. The number of nitrogens with zero attached hydrogens (tertiary/aromatic N) is 2. The largest absolute Gasteiger partial charge is 0.454 e. The predicted octanol–water partition coefficient (Wildman–Crippen LogP) is 14.9. The van der Waals surface area contributed by atoms with Crippen LogP contribution in [0.5, 0.6) is 11.5 Å². The molecule has 0 unspecified atom stereocenters. The molecule has 9 aromatic rings. The third kappa shape index (κ3) is 5.98. The van der Waals surface area contributed by atoms with Crippen LogP contribution >= 0.6 is 0 Å². The Morgan fingerprint density at radius 2 is 0.782 bits per heavy atom. The molecule has 0 amide bonds. The highest BCUT2D eigenvalue weighted by molar-refractivity contribution is 6.08. The van der Waals surface area contributed by atoms with Crippen molar-refractivity contribution in [3.05, 3.63) is 218 Å². The van der Waals surface area contributed by atoms with Crippen molar-refractivity contribution in [2.75, 3.05) is 9.80 Å². The lowest BCUT2D eigenvalue weighted by molar-refractivity contribution is 0.488. The van der Waals surface area contributed by atoms with Gasteiger partial charge in [0.2, 0.25) is 0 Å². The van der Waals surface area contributed by atoms with Crippen molar-refractivity contribution >= 4 is 44.9 Å². The van der Waals surface area contributed by atoms with Crippen LogP contribution < -0.4 is 14.5 Å². The van der Waals surface area contributed by atoms with E-state index in [2.05, 4.69) is 228 Å². The van der Waals surface area contributed by atoms with Crippen molar-refractivity contribution in [3.63, 3.8) is 0 Å². The van der Waals surface area contributed by atoms with E-state index >= 15 is 0 Å². The van der Waals surface area contributed by atoms with Crippen LogP contribution in [0.3, 0.4) is 0 Å². The van der Waals surface area contributed by atoms with Gasteiger partial charge in [0.15, 0.2) is 5.75 Å². The molecule has 0 aromatic heterocycles. The molecule has 0 radical (unpaired) electrons. The first-order valence-corrected chi connectivity index (χ1v) is 18.7. The Labute approximate surface area is 321 Å². The third-order valence-corrected chi connectivity index (χ3v) is 10.4. The number of benzene rings is 9. The second kappa shape index (κ2) is 13.9. The van der Waals surface area contributed by atoms with Crippen LogP contribution in [-0.2, 0) is 0 Å². The Morgan fingerprint density at radius 1 is 0.309 bits per heavy atom. The molecule has 10 rings (SSSR count). The van der Waals surface area contributed by atoms with Crippen molar-refractivity contribution in [3.8, 4) is 44.9 Å². The number of fused-ring (bicyclic) bond motifs is 2. The highest BCUT2D eigenvalue weighted by Crippen LogP contribution is 2.54. The zero-order valence-electron chi connectivity index (χ0n) is 30.1. The van der Waals surface area contributed by atoms with Crippen LogP contribution in [0.15, 0.2) is 218 Å². The second-order valence-corrected chi connectivity index (χ2v) is 13.8. The zero-order chi connectivity index (χ0) is 36.6. The van der Waals surface area contributed by atoms with E-state index in [1.54, 1.807) is 0 Å². The molecule has 0 spiro atoms. The average Bonchev–Trinajstić information content (AvgIpc) is 3.26. The molecule has 1 aliphatic heterocycles. The number of rotatable bonds is 8. The molecule has 0 fully saturated rings. The quantitative estimate of drug-likeness (QED) is 0.157. The molecule has 55 heavy (non-hydrogen) atoms. The van der Waals surface area contributed by atoms with Gasteiger partial charge in [0.05, 0.1) is 5.69 Å². The molecule has 0 bridgehead atoms. The Balaban J connectivity index is 1.07. The summed E-state index contributed by atoms with van der Waals surface area (Å²) in [5, 5.41) is 2.25. The molecule has 0 N–H and O–H groups in total. The Morgan fingerprint density at radius 3 is 1.36 bits per heavy atom. The van der Waals surface area contributed by atoms with Crippen LogP contribution in [0.2, 0.25) is 0 Å². The molecule has 3 nitrogen and oxygen atoms in total. The van der Waals surface area contributed by atoms with Crippen molar-refractivity contribution < 1.29 is 4.74 Å². The van der Waals surface area contributed by atoms with Crippen molar-refractivity contribution in [2.24, 2.45) is 0 Å². The molecule has 3 heteroatoms. The fraction of sp³-hybridized carbons (Fsp3) is 0. The first kappa shape index (κ1) is 32.3. The summed E-state index contributed by atoms with van der Waals surface area (Å²) in [5.74, 6) is 1.66. The maximum Gasteiger partial charge on any atom is 0.159 e. The first-order valence-electron chi connectivity index (χ1n) is 18.7. The van der Waals surface area contributed by atoms with E-state index in [-0.39, 0.29) is 0 Å². The number of anilines is 6. The van der Waals surface area contributed by atoms with Gasteiger partial charge < -0.3 is 14.5 Å². The Bertz CT molecular complexity index is 2710. The summed E-state index contributed by atoms with van der Waals surface area (Å²) in [6, 6.07) is 77.2.